The highest BCUT2D eigenvalue weighted by molar-refractivity contribution is 6.35. The molecule has 4 rings (SSSR count). The van der Waals surface area contributed by atoms with E-state index in [9.17, 15) is 24.0 Å². The minimum Gasteiger partial charge on any atom is -0.352 e. The first-order valence-corrected chi connectivity index (χ1v) is 12.0. The van der Waals surface area contributed by atoms with Crippen molar-refractivity contribution in [2.45, 2.75) is 63.8 Å². The van der Waals surface area contributed by atoms with Gasteiger partial charge >= 0.3 is 0 Å². The number of amides is 1. The van der Waals surface area contributed by atoms with Crippen molar-refractivity contribution < 1.29 is 18.8 Å². The van der Waals surface area contributed by atoms with Crippen molar-refractivity contribution in [2.75, 3.05) is 0 Å². The second-order valence-corrected chi connectivity index (χ2v) is 9.72. The smallest absolute Gasteiger partial charge is 0.224 e. The number of nitrogens with zero attached hydrogens (tertiary/aromatic N) is 1. The molecular formula is C25H27ClFN3O3. The molecule has 1 aromatic carbocycles. The standard InChI is InChI=1S/C25H27ClFN3O3/c26-24-18-12-21(30-20(18)8-7-19(24)27)23(32)11-16(9-14-5-6-14)25(33)29-17(13-28)10-15-3-1-2-4-22(15)31/h7-8,12,14-17,30H,1-6,9-11H2,(H,29,33). The monoisotopic (exact) mass is 471 g/mol. The summed E-state index contributed by atoms with van der Waals surface area (Å²) in [6, 6.07) is 5.63. The Hall–Kier alpha value is -2.72. The molecule has 0 aliphatic heterocycles. The number of nitriles is 1. The fraction of sp³-hybridized carbons (Fsp3) is 0.520. The summed E-state index contributed by atoms with van der Waals surface area (Å²) in [5, 5.41) is 12.7. The number of carbonyl (C=O) groups is 3. The Kier molecular flexibility index (Phi) is 7.14. The van der Waals surface area contributed by atoms with Crippen LogP contribution < -0.4 is 5.32 Å². The van der Waals surface area contributed by atoms with Crippen molar-refractivity contribution in [2.24, 2.45) is 17.8 Å². The average molecular weight is 472 g/mol. The quantitative estimate of drug-likeness (QED) is 0.496. The SMILES string of the molecule is N#CC(CC1CCCCC1=O)NC(=O)C(CC(=O)c1cc2c(Cl)c(F)ccc2[nH]1)CC1CC1. The molecule has 2 N–H and O–H groups in total. The molecule has 6 nitrogen and oxygen atoms in total. The molecular weight excluding hydrogens is 445 g/mol. The number of H-pyrrole nitrogens is 1. The number of aromatic nitrogens is 1. The van der Waals surface area contributed by atoms with Crippen molar-refractivity contribution in [1.82, 2.24) is 10.3 Å². The van der Waals surface area contributed by atoms with E-state index in [1.165, 1.54) is 18.2 Å². The zero-order chi connectivity index (χ0) is 23.5. The lowest BCUT2D eigenvalue weighted by atomic mass is 9.83. The number of hydrogen-bond acceptors (Lipinski definition) is 4. The van der Waals surface area contributed by atoms with Gasteiger partial charge in [0.1, 0.15) is 17.6 Å². The first-order valence-electron chi connectivity index (χ1n) is 11.6. The molecule has 2 aliphatic rings. The summed E-state index contributed by atoms with van der Waals surface area (Å²) in [4.78, 5) is 41.1. The van der Waals surface area contributed by atoms with Gasteiger partial charge < -0.3 is 10.3 Å². The third-order valence-corrected chi connectivity index (χ3v) is 7.17. The maximum Gasteiger partial charge on any atom is 0.224 e. The van der Waals surface area contributed by atoms with E-state index in [-0.39, 0.29) is 40.5 Å². The van der Waals surface area contributed by atoms with Gasteiger partial charge in [0.15, 0.2) is 5.78 Å². The maximum atomic E-state index is 13.7. The van der Waals surface area contributed by atoms with Crippen LogP contribution in [0.3, 0.4) is 0 Å². The molecule has 2 aliphatic carbocycles. The summed E-state index contributed by atoms with van der Waals surface area (Å²) < 4.78 is 13.7. The van der Waals surface area contributed by atoms with E-state index in [4.69, 9.17) is 11.6 Å². The summed E-state index contributed by atoms with van der Waals surface area (Å²) in [7, 11) is 0. The number of aromatic amines is 1. The van der Waals surface area contributed by atoms with E-state index in [0.29, 0.717) is 36.1 Å². The minimum absolute atomic E-state index is 0.0181. The van der Waals surface area contributed by atoms with Crippen LogP contribution >= 0.6 is 11.6 Å². The molecule has 2 saturated carbocycles. The fourth-order valence-electron chi connectivity index (χ4n) is 4.69. The van der Waals surface area contributed by atoms with Crippen LogP contribution in [0.4, 0.5) is 4.39 Å². The number of benzene rings is 1. The molecule has 1 amide bonds. The summed E-state index contributed by atoms with van der Waals surface area (Å²) in [5.74, 6) is -1.35. The molecule has 1 aromatic heterocycles. The van der Waals surface area contributed by atoms with Crippen LogP contribution in [0, 0.1) is 34.9 Å². The van der Waals surface area contributed by atoms with E-state index >= 15 is 0 Å². The Morgan fingerprint density at radius 3 is 2.73 bits per heavy atom. The second-order valence-electron chi connectivity index (χ2n) is 9.34. The molecule has 2 aromatic rings. The van der Waals surface area contributed by atoms with Crippen LogP contribution in [-0.4, -0.2) is 28.5 Å². The highest BCUT2D eigenvalue weighted by atomic mass is 35.5. The number of carbonyl (C=O) groups excluding carboxylic acids is 3. The molecule has 3 atom stereocenters. The van der Waals surface area contributed by atoms with Crippen LogP contribution in [-0.2, 0) is 9.59 Å². The van der Waals surface area contributed by atoms with Gasteiger partial charge in [-0.3, -0.25) is 14.4 Å². The van der Waals surface area contributed by atoms with Crippen LogP contribution in [0.1, 0.15) is 68.3 Å². The number of ketones is 2. The van der Waals surface area contributed by atoms with Gasteiger partial charge in [-0.2, -0.15) is 5.26 Å². The number of Topliss-reactive ketones (excluding diaryl/α,β-unsaturated/α-hetero) is 2. The molecule has 0 saturated heterocycles. The van der Waals surface area contributed by atoms with Crippen LogP contribution in [0.2, 0.25) is 5.02 Å². The lowest BCUT2D eigenvalue weighted by molar-refractivity contribution is -0.127. The van der Waals surface area contributed by atoms with E-state index in [2.05, 4.69) is 16.4 Å². The molecule has 0 spiro atoms. The van der Waals surface area contributed by atoms with Gasteiger partial charge in [-0.25, -0.2) is 4.39 Å². The first-order chi connectivity index (χ1) is 15.9. The number of hydrogen-bond donors (Lipinski definition) is 2. The van der Waals surface area contributed by atoms with E-state index in [1.807, 2.05) is 0 Å². The molecule has 0 radical (unpaired) electrons. The Morgan fingerprint density at radius 2 is 2.03 bits per heavy atom. The Labute approximate surface area is 196 Å². The van der Waals surface area contributed by atoms with Gasteiger partial charge in [0.2, 0.25) is 5.91 Å². The summed E-state index contributed by atoms with van der Waals surface area (Å²) in [6.45, 7) is 0. The third-order valence-electron chi connectivity index (χ3n) is 6.78. The Balaban J connectivity index is 1.44. The van der Waals surface area contributed by atoms with E-state index in [0.717, 1.165) is 32.1 Å². The number of nitrogens with one attached hydrogen (secondary N) is 2. The number of rotatable bonds is 9. The molecule has 1 heterocycles. The van der Waals surface area contributed by atoms with Gasteiger partial charge in [-0.1, -0.05) is 30.9 Å². The van der Waals surface area contributed by atoms with Gasteiger partial charge in [-0.05, 0) is 49.8 Å². The molecule has 8 heteroatoms. The zero-order valence-corrected chi connectivity index (χ0v) is 19.1. The van der Waals surface area contributed by atoms with Gasteiger partial charge in [0.25, 0.3) is 0 Å². The normalized spacial score (nSPS) is 20.3. The molecule has 3 unspecified atom stereocenters. The van der Waals surface area contributed by atoms with Crippen molar-refractivity contribution in [3.05, 3.63) is 34.7 Å². The minimum atomic E-state index is -0.754. The van der Waals surface area contributed by atoms with Crippen molar-refractivity contribution in [1.29, 1.82) is 5.26 Å². The van der Waals surface area contributed by atoms with E-state index in [1.54, 1.807) is 0 Å². The van der Waals surface area contributed by atoms with E-state index < -0.39 is 17.8 Å². The van der Waals surface area contributed by atoms with Crippen LogP contribution in [0.25, 0.3) is 10.9 Å². The summed E-state index contributed by atoms with van der Waals surface area (Å²) in [5.41, 5.74) is 0.824. The molecule has 33 heavy (non-hydrogen) atoms. The molecule has 2 fully saturated rings. The Bertz CT molecular complexity index is 1120. The third kappa shape index (κ3) is 5.62. The number of fused-ring (bicyclic) bond motifs is 1. The highest BCUT2D eigenvalue weighted by Gasteiger charge is 2.33. The summed E-state index contributed by atoms with van der Waals surface area (Å²) in [6.07, 6.45) is 6.06. The zero-order valence-electron chi connectivity index (χ0n) is 18.3. The summed E-state index contributed by atoms with van der Waals surface area (Å²) >= 11 is 6.02. The van der Waals surface area contributed by atoms with Crippen LogP contribution in [0.5, 0.6) is 0 Å². The second kappa shape index (κ2) is 10.0. The maximum absolute atomic E-state index is 13.7. The largest absolute Gasteiger partial charge is 0.352 e. The first kappa shape index (κ1) is 23.4. The highest BCUT2D eigenvalue weighted by Crippen LogP contribution is 2.37. The van der Waals surface area contributed by atoms with Crippen molar-refractivity contribution in [3.8, 4) is 6.07 Å². The topological polar surface area (TPSA) is 103 Å². The predicted molar refractivity (Wildman–Crippen MR) is 122 cm³/mol. The fourth-order valence-corrected chi connectivity index (χ4v) is 4.91. The number of halogens is 2. The van der Waals surface area contributed by atoms with Gasteiger partial charge in [-0.15, -0.1) is 0 Å². The van der Waals surface area contributed by atoms with Gasteiger partial charge in [0.05, 0.1) is 16.8 Å². The molecule has 0 bridgehead atoms. The predicted octanol–water partition coefficient (Wildman–Crippen LogP) is 5.11. The molecule has 174 valence electrons. The van der Waals surface area contributed by atoms with Crippen molar-refractivity contribution >= 4 is 40.0 Å². The lowest BCUT2D eigenvalue weighted by Crippen LogP contribution is -2.41. The average Bonchev–Trinajstić information content (AvgIpc) is 3.51. The lowest BCUT2D eigenvalue weighted by Gasteiger charge is -2.24. The van der Waals surface area contributed by atoms with Gasteiger partial charge in [0, 0.05) is 35.6 Å². The van der Waals surface area contributed by atoms with Crippen LogP contribution in [0.15, 0.2) is 18.2 Å². The Morgan fingerprint density at radius 1 is 1.24 bits per heavy atom. The van der Waals surface area contributed by atoms with Crippen molar-refractivity contribution in [3.63, 3.8) is 0 Å².